The summed E-state index contributed by atoms with van der Waals surface area (Å²) in [6, 6.07) is 4.36. The summed E-state index contributed by atoms with van der Waals surface area (Å²) in [5.74, 6) is -0.147. The van der Waals surface area contributed by atoms with Crippen LogP contribution in [0.3, 0.4) is 0 Å². The third-order valence-corrected chi connectivity index (χ3v) is 13.5. The van der Waals surface area contributed by atoms with E-state index in [1.807, 2.05) is 42.7 Å². The number of aryl methyl sites for hydroxylation is 1. The summed E-state index contributed by atoms with van der Waals surface area (Å²) < 4.78 is 40.2. The third-order valence-electron chi connectivity index (χ3n) is 10.8. The molecule has 2 saturated carbocycles. The summed E-state index contributed by atoms with van der Waals surface area (Å²) >= 11 is 1.51. The number of aromatic nitrogens is 2. The molecule has 0 bridgehead atoms. The van der Waals surface area contributed by atoms with Crippen molar-refractivity contribution in [2.45, 2.75) is 101 Å². The van der Waals surface area contributed by atoms with Gasteiger partial charge in [-0.25, -0.2) is 23.2 Å². The van der Waals surface area contributed by atoms with E-state index in [2.05, 4.69) is 23.9 Å². The highest BCUT2D eigenvalue weighted by Gasteiger charge is 2.62. The van der Waals surface area contributed by atoms with E-state index in [1.165, 1.54) is 16.2 Å². The summed E-state index contributed by atoms with van der Waals surface area (Å²) in [7, 11) is -0.496. The van der Waals surface area contributed by atoms with Gasteiger partial charge in [0.05, 0.1) is 30.1 Å². The van der Waals surface area contributed by atoms with Gasteiger partial charge < -0.3 is 24.6 Å². The standard InChI is InChI=1S/C38H48N6O7S2/c1-22(2)29-21-52-35(40-29)28-18-32(27-14-15-31(50-5)23(3)33(27)39-28)51-25-17-30-34(45)41-38(36(46)42-53(48,49)26-12-13-26)19-24(38)11-9-7-6-8-10-16-43(4)37(47)44(30)20-25/h9,11,14-15,18,21-22,24-26,30H,6-8,10,12-13,16-17,19-20H2,1-5H3,(H,41,45)(H,42,46)/b11-9-/t24-,25+,30-,38+/m0/s1. The molecule has 0 radical (unpaired) electrons. The molecule has 2 N–H and O–H groups in total. The van der Waals surface area contributed by atoms with Gasteiger partial charge in [0.1, 0.15) is 39.9 Å². The smallest absolute Gasteiger partial charge is 0.320 e. The van der Waals surface area contributed by atoms with Crippen LogP contribution in [0.2, 0.25) is 0 Å². The Morgan fingerprint density at radius 3 is 2.64 bits per heavy atom. The predicted octanol–water partition coefficient (Wildman–Crippen LogP) is 5.29. The summed E-state index contributed by atoms with van der Waals surface area (Å²) in [6.07, 6.45) is 8.17. The molecule has 0 spiro atoms. The van der Waals surface area contributed by atoms with Crippen molar-refractivity contribution < 1.29 is 32.3 Å². The molecule has 4 amide bonds. The lowest BCUT2D eigenvalue weighted by atomic mass is 10.1. The van der Waals surface area contributed by atoms with Gasteiger partial charge in [-0.3, -0.25) is 14.3 Å². The topological polar surface area (TPSA) is 160 Å². The number of carbonyl (C=O) groups is 3. The number of fused-ring (bicyclic) bond motifs is 3. The molecule has 2 aliphatic heterocycles. The number of pyridine rings is 1. The van der Waals surface area contributed by atoms with E-state index in [0.717, 1.165) is 47.3 Å². The lowest BCUT2D eigenvalue weighted by Gasteiger charge is -2.30. The number of nitrogens with zero attached hydrogens (tertiary/aromatic N) is 4. The maximum absolute atomic E-state index is 14.3. The van der Waals surface area contributed by atoms with Gasteiger partial charge in [0.25, 0.3) is 5.91 Å². The Bertz CT molecular complexity index is 2060. The Hall–Kier alpha value is -4.24. The van der Waals surface area contributed by atoms with Crippen molar-refractivity contribution in [3.8, 4) is 22.2 Å². The minimum Gasteiger partial charge on any atom is -0.496 e. The van der Waals surface area contributed by atoms with Crippen molar-refractivity contribution in [2.75, 3.05) is 27.2 Å². The molecule has 3 fully saturated rings. The fraction of sp³-hybridized carbons (Fsp3) is 0.553. The van der Waals surface area contributed by atoms with Crippen molar-refractivity contribution in [3.63, 3.8) is 0 Å². The molecule has 1 aromatic carbocycles. The molecule has 7 rings (SSSR count). The second-order valence-electron chi connectivity index (χ2n) is 15.1. The molecule has 2 aliphatic carbocycles. The molecule has 4 atom stereocenters. The number of nitrogens with one attached hydrogen (secondary N) is 2. The van der Waals surface area contributed by atoms with Crippen LogP contribution in [0.4, 0.5) is 4.79 Å². The van der Waals surface area contributed by atoms with Gasteiger partial charge in [0, 0.05) is 48.3 Å². The van der Waals surface area contributed by atoms with Gasteiger partial charge >= 0.3 is 6.03 Å². The summed E-state index contributed by atoms with van der Waals surface area (Å²) in [5, 5.41) is 5.88. The van der Waals surface area contributed by atoms with Crippen LogP contribution in [0.1, 0.15) is 82.4 Å². The summed E-state index contributed by atoms with van der Waals surface area (Å²) in [4.78, 5) is 55.0. The highest BCUT2D eigenvalue weighted by atomic mass is 32.2. The first kappa shape index (κ1) is 37.1. The number of carbonyl (C=O) groups excluding carboxylic acids is 3. The first-order valence-corrected chi connectivity index (χ1v) is 20.9. The van der Waals surface area contributed by atoms with Crippen molar-refractivity contribution >= 4 is 50.1 Å². The number of rotatable bonds is 8. The summed E-state index contributed by atoms with van der Waals surface area (Å²) in [6.45, 7) is 6.78. The van der Waals surface area contributed by atoms with Crippen LogP contribution in [0.25, 0.3) is 21.6 Å². The van der Waals surface area contributed by atoms with Crippen molar-refractivity contribution in [1.82, 2.24) is 29.8 Å². The van der Waals surface area contributed by atoms with E-state index in [1.54, 1.807) is 19.1 Å². The minimum absolute atomic E-state index is 0.128. The van der Waals surface area contributed by atoms with Crippen molar-refractivity contribution in [2.24, 2.45) is 5.92 Å². The number of amides is 4. The van der Waals surface area contributed by atoms with Crippen LogP contribution < -0.4 is 19.5 Å². The van der Waals surface area contributed by atoms with Crippen LogP contribution >= 0.6 is 11.3 Å². The minimum atomic E-state index is -3.84. The van der Waals surface area contributed by atoms with Crippen molar-refractivity contribution in [3.05, 3.63) is 47.0 Å². The largest absolute Gasteiger partial charge is 0.496 e. The van der Waals surface area contributed by atoms with E-state index in [9.17, 15) is 22.8 Å². The van der Waals surface area contributed by atoms with Gasteiger partial charge in [-0.1, -0.05) is 32.4 Å². The van der Waals surface area contributed by atoms with Gasteiger partial charge in [0.2, 0.25) is 15.9 Å². The fourth-order valence-corrected chi connectivity index (χ4v) is 9.63. The number of urea groups is 1. The Kier molecular flexibility index (Phi) is 10.2. The number of allylic oxidation sites excluding steroid dienone is 1. The van der Waals surface area contributed by atoms with Crippen molar-refractivity contribution in [1.29, 1.82) is 0 Å². The van der Waals surface area contributed by atoms with Gasteiger partial charge in [-0.2, -0.15) is 0 Å². The molecule has 284 valence electrons. The SMILES string of the molecule is COc1ccc2c(O[C@@H]3C[C@H]4C(=O)N[C@]5(C(=O)NS(=O)(=O)C6CC6)C[C@@H]5/C=C\CCCCCN(C)C(=O)N4C3)cc(-c3nc(C(C)C)cs3)nc2c1C. The number of benzene rings is 1. The third kappa shape index (κ3) is 7.46. The Morgan fingerprint density at radius 2 is 1.92 bits per heavy atom. The van der Waals surface area contributed by atoms with E-state index >= 15 is 0 Å². The molecule has 15 heteroatoms. The molecule has 13 nitrogen and oxygen atoms in total. The van der Waals surface area contributed by atoms with E-state index in [4.69, 9.17) is 19.4 Å². The fourth-order valence-electron chi connectivity index (χ4n) is 7.33. The zero-order valence-electron chi connectivity index (χ0n) is 30.9. The maximum atomic E-state index is 14.3. The van der Waals surface area contributed by atoms with E-state index < -0.39 is 44.8 Å². The molecule has 4 heterocycles. The lowest BCUT2D eigenvalue weighted by molar-refractivity contribution is -0.131. The Balaban J connectivity index is 1.21. The molecular formula is C38H48N6O7S2. The Labute approximate surface area is 314 Å². The van der Waals surface area contributed by atoms with E-state index in [-0.39, 0.29) is 37.3 Å². The number of hydrogen-bond acceptors (Lipinski definition) is 10. The maximum Gasteiger partial charge on any atom is 0.320 e. The van der Waals surface area contributed by atoms with E-state index in [0.29, 0.717) is 42.1 Å². The number of hydrogen-bond donors (Lipinski definition) is 2. The van der Waals surface area contributed by atoms with Crippen LogP contribution in [0.5, 0.6) is 11.5 Å². The zero-order chi connectivity index (χ0) is 37.7. The number of thiazole rings is 1. The number of sulfonamides is 1. The second-order valence-corrected chi connectivity index (χ2v) is 17.9. The highest BCUT2D eigenvalue weighted by Crippen LogP contribution is 2.46. The average Bonchev–Trinajstić information content (AvgIpc) is 4.00. The molecular weight excluding hydrogens is 717 g/mol. The van der Waals surface area contributed by atoms with Crippen LogP contribution in [0, 0.1) is 12.8 Å². The monoisotopic (exact) mass is 764 g/mol. The molecule has 0 unspecified atom stereocenters. The molecule has 3 aromatic rings. The zero-order valence-corrected chi connectivity index (χ0v) is 32.5. The molecule has 1 saturated heterocycles. The first-order valence-electron chi connectivity index (χ1n) is 18.5. The Morgan fingerprint density at radius 1 is 1.13 bits per heavy atom. The normalized spacial score (nSPS) is 26.0. The predicted molar refractivity (Wildman–Crippen MR) is 202 cm³/mol. The van der Waals surface area contributed by atoms with Gasteiger partial charge in [0.15, 0.2) is 0 Å². The van der Waals surface area contributed by atoms with Crippen LogP contribution in [0.15, 0.2) is 35.7 Å². The van der Waals surface area contributed by atoms with Crippen LogP contribution in [-0.4, -0.2) is 96.2 Å². The number of ether oxygens (including phenoxy) is 2. The average molecular weight is 765 g/mol. The molecule has 4 aliphatic rings. The highest BCUT2D eigenvalue weighted by molar-refractivity contribution is 7.91. The number of methoxy groups -OCH3 is 1. The van der Waals surface area contributed by atoms with Crippen LogP contribution in [-0.2, 0) is 19.6 Å². The van der Waals surface area contributed by atoms with Gasteiger partial charge in [-0.05, 0) is 63.5 Å². The first-order chi connectivity index (χ1) is 25.3. The quantitative estimate of drug-likeness (QED) is 0.291. The molecule has 53 heavy (non-hydrogen) atoms. The summed E-state index contributed by atoms with van der Waals surface area (Å²) in [5.41, 5.74) is 1.72. The lowest BCUT2D eigenvalue weighted by Crippen LogP contribution is -2.57. The van der Waals surface area contributed by atoms with Gasteiger partial charge in [-0.15, -0.1) is 11.3 Å². The second kappa shape index (κ2) is 14.5. The molecule has 2 aromatic heterocycles.